The molecule has 84 valence electrons. The van der Waals surface area contributed by atoms with Crippen molar-refractivity contribution < 1.29 is 19.8 Å². The summed E-state index contributed by atoms with van der Waals surface area (Å²) < 4.78 is 0. The number of nitrogens with one attached hydrogen (secondary N) is 1. The second-order valence-electron chi connectivity index (χ2n) is 3.58. The van der Waals surface area contributed by atoms with Crippen molar-refractivity contribution in [3.8, 4) is 0 Å². The van der Waals surface area contributed by atoms with Gasteiger partial charge in [-0.25, -0.2) is 4.79 Å². The van der Waals surface area contributed by atoms with E-state index >= 15 is 0 Å². The van der Waals surface area contributed by atoms with Gasteiger partial charge in [0.05, 0.1) is 12.1 Å². The van der Waals surface area contributed by atoms with E-state index in [1.807, 2.05) is 0 Å². The maximum Gasteiger partial charge on any atom is 0.331 e. The van der Waals surface area contributed by atoms with Gasteiger partial charge in [-0.15, -0.1) is 0 Å². The molecule has 0 saturated carbocycles. The number of carboxylic acid groups (broad SMARTS) is 1. The molecular weight excluding hydrogens is 200 g/mol. The largest absolute Gasteiger partial charge is 0.478 e. The summed E-state index contributed by atoms with van der Waals surface area (Å²) in [6.07, 6.45) is 0.299. The molecule has 15 heavy (non-hydrogen) atoms. The zero-order valence-electron chi connectivity index (χ0n) is 8.30. The van der Waals surface area contributed by atoms with Crippen LogP contribution in [0.1, 0.15) is 13.3 Å². The fourth-order valence-corrected chi connectivity index (χ4v) is 1.60. The van der Waals surface area contributed by atoms with Crippen LogP contribution in [0.3, 0.4) is 0 Å². The van der Waals surface area contributed by atoms with Crippen LogP contribution in [0, 0.1) is 0 Å². The Morgan fingerprint density at radius 1 is 1.60 bits per heavy atom. The van der Waals surface area contributed by atoms with Gasteiger partial charge in [0.1, 0.15) is 0 Å². The molecule has 0 aromatic rings. The van der Waals surface area contributed by atoms with Crippen molar-refractivity contribution in [1.29, 1.82) is 0 Å². The molecule has 0 aromatic carbocycles. The summed E-state index contributed by atoms with van der Waals surface area (Å²) in [5.74, 6) is -1.40. The van der Waals surface area contributed by atoms with Crippen LogP contribution in [0.15, 0.2) is 11.6 Å². The van der Waals surface area contributed by atoms with E-state index < -0.39 is 24.2 Å². The first kappa shape index (κ1) is 11.7. The average Bonchev–Trinajstić information content (AvgIpc) is 2.10. The molecule has 0 radical (unpaired) electrons. The zero-order chi connectivity index (χ0) is 11.6. The number of carbonyl (C=O) groups excluding carboxylic acids is 1. The van der Waals surface area contributed by atoms with E-state index in [2.05, 4.69) is 5.32 Å². The summed E-state index contributed by atoms with van der Waals surface area (Å²) in [6, 6.07) is -1.20. The van der Waals surface area contributed by atoms with Crippen molar-refractivity contribution in [2.45, 2.75) is 31.5 Å². The first-order valence-electron chi connectivity index (χ1n) is 4.56. The fourth-order valence-electron chi connectivity index (χ4n) is 1.60. The minimum atomic E-state index is -1.09. The van der Waals surface area contributed by atoms with E-state index in [4.69, 9.17) is 10.8 Å². The highest BCUT2D eigenvalue weighted by Gasteiger charge is 2.32. The van der Waals surface area contributed by atoms with Crippen LogP contribution in [-0.4, -0.2) is 40.3 Å². The number of hydrogen-bond donors (Lipinski definition) is 4. The third-order valence-electron chi connectivity index (χ3n) is 2.30. The molecule has 6 heteroatoms. The molecule has 0 aliphatic heterocycles. The van der Waals surface area contributed by atoms with Gasteiger partial charge in [0.2, 0.25) is 5.91 Å². The van der Waals surface area contributed by atoms with Gasteiger partial charge >= 0.3 is 5.97 Å². The van der Waals surface area contributed by atoms with Crippen LogP contribution in [0.5, 0.6) is 0 Å². The Hall–Kier alpha value is -1.40. The predicted molar refractivity (Wildman–Crippen MR) is 51.9 cm³/mol. The van der Waals surface area contributed by atoms with Gasteiger partial charge in [0, 0.05) is 18.5 Å². The number of amides is 1. The van der Waals surface area contributed by atoms with Crippen molar-refractivity contribution in [3.05, 3.63) is 11.6 Å². The van der Waals surface area contributed by atoms with Crippen LogP contribution < -0.4 is 11.1 Å². The Bertz CT molecular complexity index is 313. The number of carboxylic acids is 1. The molecule has 1 amide bonds. The van der Waals surface area contributed by atoms with Crippen LogP contribution in [0.2, 0.25) is 0 Å². The molecule has 0 saturated heterocycles. The highest BCUT2D eigenvalue weighted by atomic mass is 16.4. The van der Waals surface area contributed by atoms with Gasteiger partial charge in [-0.2, -0.15) is 0 Å². The van der Waals surface area contributed by atoms with Gasteiger partial charge in [0.25, 0.3) is 0 Å². The second kappa shape index (κ2) is 4.41. The standard InChI is InChI=1S/C9H14N2O4/c1-4(12)11-8-6(10)2-5(9(14)15)3-7(8)13/h3,6-8,13H,2,10H2,1H3,(H,11,12)(H,14,15)/t6-,7-,8-/m1/s1. The van der Waals surface area contributed by atoms with E-state index in [0.717, 1.165) is 0 Å². The lowest BCUT2D eigenvalue weighted by Crippen LogP contribution is -2.55. The number of aliphatic hydroxyl groups excluding tert-OH is 1. The second-order valence-corrected chi connectivity index (χ2v) is 3.58. The van der Waals surface area contributed by atoms with Gasteiger partial charge in [0.15, 0.2) is 0 Å². The molecule has 6 nitrogen and oxygen atoms in total. The van der Waals surface area contributed by atoms with Crippen LogP contribution in [0.4, 0.5) is 0 Å². The summed E-state index contributed by atoms with van der Waals surface area (Å²) >= 11 is 0. The molecule has 0 fully saturated rings. The quantitative estimate of drug-likeness (QED) is 0.451. The summed E-state index contributed by atoms with van der Waals surface area (Å²) in [5.41, 5.74) is 5.75. The number of carbonyl (C=O) groups is 2. The number of nitrogens with two attached hydrogens (primary N) is 1. The smallest absolute Gasteiger partial charge is 0.331 e. The molecule has 1 rings (SSSR count). The molecule has 5 N–H and O–H groups in total. The molecule has 0 unspecified atom stereocenters. The molecule has 0 spiro atoms. The molecular formula is C9H14N2O4. The predicted octanol–water partition coefficient (Wildman–Crippen LogP) is -1.41. The minimum absolute atomic E-state index is 0.0802. The Balaban J connectivity index is 2.80. The number of aliphatic hydroxyl groups is 1. The molecule has 0 aromatic heterocycles. The van der Waals surface area contributed by atoms with Crippen molar-refractivity contribution in [1.82, 2.24) is 5.32 Å². The lowest BCUT2D eigenvalue weighted by atomic mass is 9.88. The molecule has 0 bridgehead atoms. The molecule has 3 atom stereocenters. The minimum Gasteiger partial charge on any atom is -0.478 e. The van der Waals surface area contributed by atoms with Crippen LogP contribution in [0.25, 0.3) is 0 Å². The van der Waals surface area contributed by atoms with E-state index in [0.29, 0.717) is 0 Å². The van der Waals surface area contributed by atoms with Gasteiger partial charge < -0.3 is 21.3 Å². The van der Waals surface area contributed by atoms with Crippen LogP contribution >= 0.6 is 0 Å². The Kier molecular flexibility index (Phi) is 3.43. The summed E-state index contributed by atoms with van der Waals surface area (Å²) in [7, 11) is 0. The van der Waals surface area contributed by atoms with Crippen LogP contribution in [-0.2, 0) is 9.59 Å². The summed E-state index contributed by atoms with van der Waals surface area (Å²) in [5, 5.41) is 20.8. The first-order chi connectivity index (χ1) is 6.91. The summed E-state index contributed by atoms with van der Waals surface area (Å²) in [4.78, 5) is 21.5. The lowest BCUT2D eigenvalue weighted by molar-refractivity contribution is -0.133. The molecule has 1 aliphatic carbocycles. The highest BCUT2D eigenvalue weighted by Crippen LogP contribution is 2.18. The average molecular weight is 214 g/mol. The maximum atomic E-state index is 10.8. The lowest BCUT2D eigenvalue weighted by Gasteiger charge is -2.31. The monoisotopic (exact) mass is 214 g/mol. The number of aliphatic carboxylic acids is 1. The molecule has 0 heterocycles. The number of hydrogen-bond acceptors (Lipinski definition) is 4. The zero-order valence-corrected chi connectivity index (χ0v) is 8.30. The first-order valence-corrected chi connectivity index (χ1v) is 4.56. The van der Waals surface area contributed by atoms with E-state index in [-0.39, 0.29) is 17.9 Å². The Morgan fingerprint density at radius 2 is 2.20 bits per heavy atom. The van der Waals surface area contributed by atoms with E-state index in [1.165, 1.54) is 13.0 Å². The van der Waals surface area contributed by atoms with Crippen molar-refractivity contribution in [2.75, 3.05) is 0 Å². The Morgan fingerprint density at radius 3 is 2.60 bits per heavy atom. The topological polar surface area (TPSA) is 113 Å². The van der Waals surface area contributed by atoms with Gasteiger partial charge in [-0.1, -0.05) is 0 Å². The normalized spacial score (nSPS) is 30.6. The van der Waals surface area contributed by atoms with Gasteiger partial charge in [-0.05, 0) is 12.5 Å². The number of rotatable bonds is 2. The van der Waals surface area contributed by atoms with Crippen molar-refractivity contribution in [3.63, 3.8) is 0 Å². The fraction of sp³-hybridized carbons (Fsp3) is 0.556. The third-order valence-corrected chi connectivity index (χ3v) is 2.30. The Labute approximate surface area is 86.8 Å². The van der Waals surface area contributed by atoms with Crippen molar-refractivity contribution in [2.24, 2.45) is 5.73 Å². The highest BCUT2D eigenvalue weighted by molar-refractivity contribution is 5.87. The van der Waals surface area contributed by atoms with Gasteiger partial charge in [-0.3, -0.25) is 4.79 Å². The van der Waals surface area contributed by atoms with E-state index in [9.17, 15) is 14.7 Å². The van der Waals surface area contributed by atoms with Crippen molar-refractivity contribution >= 4 is 11.9 Å². The molecule has 1 aliphatic rings. The van der Waals surface area contributed by atoms with E-state index in [1.54, 1.807) is 0 Å². The third kappa shape index (κ3) is 2.77. The summed E-state index contributed by atoms with van der Waals surface area (Å²) in [6.45, 7) is 1.32. The maximum absolute atomic E-state index is 10.8. The SMILES string of the molecule is CC(=O)N[C@H]1[C@H](O)C=C(C(=O)O)C[C@H]1N.